The molecule has 330 valence electrons. The molecule has 1 unspecified atom stereocenters. The smallest absolute Gasteiger partial charge is 0.306 e. The molecule has 0 amide bonds. The number of ether oxygens (including phenoxy) is 2. The Morgan fingerprint density at radius 1 is 0.536 bits per heavy atom. The summed E-state index contributed by atoms with van der Waals surface area (Å²) in [6, 6.07) is 0. The number of unbranched alkanes of at least 4 members (excludes halogenated alkanes) is 24. The third-order valence-electron chi connectivity index (χ3n) is 9.94. The van der Waals surface area contributed by atoms with Crippen molar-refractivity contribution in [1.29, 1.82) is 0 Å². The first-order valence-electron chi connectivity index (χ1n) is 23.0. The number of likely N-dealkylation sites (N-methyl/N-ethyl adjacent to an activating group) is 1. The molecule has 56 heavy (non-hydrogen) atoms. The Morgan fingerprint density at radius 2 is 0.929 bits per heavy atom. The summed E-state index contributed by atoms with van der Waals surface area (Å²) < 4.78 is 33.9. The van der Waals surface area contributed by atoms with Crippen LogP contribution in [0.1, 0.15) is 206 Å². The zero-order valence-corrected chi connectivity index (χ0v) is 38.0. The Balaban J connectivity index is 4.22. The second-order valence-corrected chi connectivity index (χ2v) is 18.2. The van der Waals surface area contributed by atoms with Gasteiger partial charge >= 0.3 is 11.9 Å². The number of nitrogens with zero attached hydrogens (tertiary/aromatic N) is 1. The minimum Gasteiger partial charge on any atom is -0.756 e. The number of esters is 2. The molecule has 0 rings (SSSR count). The van der Waals surface area contributed by atoms with Gasteiger partial charge in [0.25, 0.3) is 7.82 Å². The van der Waals surface area contributed by atoms with E-state index in [0.29, 0.717) is 17.4 Å². The normalized spacial score (nSPS) is 13.8. The van der Waals surface area contributed by atoms with Gasteiger partial charge in [-0.2, -0.15) is 0 Å². The molecule has 0 aromatic rings. The zero-order valence-electron chi connectivity index (χ0n) is 37.1. The van der Waals surface area contributed by atoms with Gasteiger partial charge in [-0.15, -0.1) is 0 Å². The van der Waals surface area contributed by atoms with Crippen molar-refractivity contribution in [3.05, 3.63) is 24.3 Å². The average Bonchev–Trinajstić information content (AvgIpc) is 3.15. The first-order chi connectivity index (χ1) is 27.0. The summed E-state index contributed by atoms with van der Waals surface area (Å²) >= 11 is 0. The van der Waals surface area contributed by atoms with E-state index in [1.54, 1.807) is 0 Å². The lowest BCUT2D eigenvalue weighted by Gasteiger charge is -2.28. The molecule has 0 spiro atoms. The SMILES string of the molecule is CCCC/C=C\CCCCCCCC(=O)O[C@H](COC(=O)CCCCCCCCCCCCC/C=C\CCCCCCCC)COP(=O)([O-])OCC[N+](C)(C)C. The topological polar surface area (TPSA) is 111 Å². The van der Waals surface area contributed by atoms with Crippen LogP contribution in [-0.4, -0.2) is 70.0 Å². The third kappa shape index (κ3) is 42.1. The fraction of sp³-hybridized carbons (Fsp3) is 0.870. The average molecular weight is 814 g/mol. The maximum absolute atomic E-state index is 12.6. The fourth-order valence-electron chi connectivity index (χ4n) is 6.28. The van der Waals surface area contributed by atoms with Crippen LogP contribution in [0.4, 0.5) is 0 Å². The molecular formula is C46H88NO8P. The van der Waals surface area contributed by atoms with Crippen molar-refractivity contribution in [1.82, 2.24) is 0 Å². The number of quaternary nitrogens is 1. The van der Waals surface area contributed by atoms with Gasteiger partial charge in [0.15, 0.2) is 6.10 Å². The summed E-state index contributed by atoms with van der Waals surface area (Å²) in [6.07, 6.45) is 42.1. The van der Waals surface area contributed by atoms with E-state index in [4.69, 9.17) is 18.5 Å². The summed E-state index contributed by atoms with van der Waals surface area (Å²) in [5.74, 6) is -0.842. The number of hydrogen-bond acceptors (Lipinski definition) is 8. The molecule has 0 aromatic carbocycles. The molecule has 0 aliphatic rings. The second kappa shape index (κ2) is 39.0. The van der Waals surface area contributed by atoms with Gasteiger partial charge in [-0.25, -0.2) is 0 Å². The van der Waals surface area contributed by atoms with Crippen LogP contribution in [-0.2, 0) is 32.7 Å². The quantitative estimate of drug-likeness (QED) is 0.0197. The molecule has 0 N–H and O–H groups in total. The summed E-state index contributed by atoms with van der Waals surface area (Å²) in [5.41, 5.74) is 0. The monoisotopic (exact) mass is 814 g/mol. The highest BCUT2D eigenvalue weighted by molar-refractivity contribution is 7.45. The zero-order chi connectivity index (χ0) is 41.4. The Bertz CT molecular complexity index is 1010. The van der Waals surface area contributed by atoms with Gasteiger partial charge < -0.3 is 27.9 Å². The van der Waals surface area contributed by atoms with Crippen molar-refractivity contribution < 1.29 is 42.1 Å². The molecule has 0 aliphatic carbocycles. The third-order valence-corrected chi connectivity index (χ3v) is 10.9. The molecule has 0 aliphatic heterocycles. The van der Waals surface area contributed by atoms with Gasteiger partial charge in [0, 0.05) is 12.8 Å². The number of carbonyl (C=O) groups is 2. The molecule has 10 heteroatoms. The van der Waals surface area contributed by atoms with E-state index >= 15 is 0 Å². The predicted molar refractivity (Wildman–Crippen MR) is 231 cm³/mol. The summed E-state index contributed by atoms with van der Waals surface area (Å²) in [6.45, 7) is 4.18. The Morgan fingerprint density at radius 3 is 1.38 bits per heavy atom. The molecule has 9 nitrogen and oxygen atoms in total. The van der Waals surface area contributed by atoms with Crippen molar-refractivity contribution in [3.8, 4) is 0 Å². The molecule has 0 saturated carbocycles. The van der Waals surface area contributed by atoms with Crippen LogP contribution >= 0.6 is 7.82 Å². The molecular weight excluding hydrogens is 725 g/mol. The summed E-state index contributed by atoms with van der Waals surface area (Å²) in [4.78, 5) is 37.5. The molecule has 0 aromatic heterocycles. The number of allylic oxidation sites excluding steroid dienone is 4. The van der Waals surface area contributed by atoms with E-state index in [1.165, 1.54) is 116 Å². The van der Waals surface area contributed by atoms with Gasteiger partial charge in [0.2, 0.25) is 0 Å². The highest BCUT2D eigenvalue weighted by atomic mass is 31.2. The molecule has 0 radical (unpaired) electrons. The largest absolute Gasteiger partial charge is 0.756 e. The highest BCUT2D eigenvalue weighted by Gasteiger charge is 2.21. The fourth-order valence-corrected chi connectivity index (χ4v) is 7.01. The van der Waals surface area contributed by atoms with E-state index in [9.17, 15) is 19.0 Å². The van der Waals surface area contributed by atoms with E-state index in [0.717, 1.165) is 57.8 Å². The number of hydrogen-bond donors (Lipinski definition) is 0. The summed E-state index contributed by atoms with van der Waals surface area (Å²) in [5, 5.41) is 0. The first-order valence-corrected chi connectivity index (χ1v) is 24.5. The molecule has 0 fully saturated rings. The number of phosphoric acid groups is 1. The van der Waals surface area contributed by atoms with E-state index < -0.39 is 26.5 Å². The lowest BCUT2D eigenvalue weighted by atomic mass is 10.0. The Hall–Kier alpha value is -1.51. The van der Waals surface area contributed by atoms with Crippen molar-refractivity contribution >= 4 is 19.8 Å². The number of rotatable bonds is 42. The van der Waals surface area contributed by atoms with Gasteiger partial charge in [0.1, 0.15) is 19.8 Å². The standard InChI is InChI=1S/C46H88NO8P/c1-6-8-10-12-14-16-18-19-20-21-22-23-24-25-26-27-29-30-32-34-36-38-45(48)52-42-44(43-54-56(50,51)53-41-40-47(3,4)5)55-46(49)39-37-35-33-31-28-17-15-13-11-9-7-2/h13,15,19-20,44H,6-12,14,16-18,21-43H2,1-5H3/b15-13-,20-19-/t44-/m1/s1. The lowest BCUT2D eigenvalue weighted by molar-refractivity contribution is -0.870. The Kier molecular flexibility index (Phi) is 37.9. The van der Waals surface area contributed by atoms with Crippen molar-refractivity contribution in [2.75, 3.05) is 47.5 Å². The number of phosphoric ester groups is 1. The van der Waals surface area contributed by atoms with Gasteiger partial charge in [-0.3, -0.25) is 14.2 Å². The first kappa shape index (κ1) is 54.5. The molecule has 0 saturated heterocycles. The van der Waals surface area contributed by atoms with E-state index in [2.05, 4.69) is 38.2 Å². The summed E-state index contributed by atoms with van der Waals surface area (Å²) in [7, 11) is 1.16. The van der Waals surface area contributed by atoms with Crippen molar-refractivity contribution in [3.63, 3.8) is 0 Å². The lowest BCUT2D eigenvalue weighted by Crippen LogP contribution is -2.37. The molecule has 0 bridgehead atoms. The number of carbonyl (C=O) groups excluding carboxylic acids is 2. The van der Waals surface area contributed by atoms with E-state index in [1.807, 2.05) is 21.1 Å². The molecule has 2 atom stereocenters. The van der Waals surface area contributed by atoms with Crippen LogP contribution in [0.15, 0.2) is 24.3 Å². The van der Waals surface area contributed by atoms with Crippen molar-refractivity contribution in [2.45, 2.75) is 213 Å². The van der Waals surface area contributed by atoms with Crippen molar-refractivity contribution in [2.24, 2.45) is 0 Å². The van der Waals surface area contributed by atoms with Crippen LogP contribution in [0.5, 0.6) is 0 Å². The van der Waals surface area contributed by atoms with Crippen LogP contribution in [0.25, 0.3) is 0 Å². The van der Waals surface area contributed by atoms with Gasteiger partial charge in [-0.05, 0) is 57.8 Å². The van der Waals surface area contributed by atoms with Gasteiger partial charge in [-0.1, -0.05) is 160 Å². The maximum atomic E-state index is 12.6. The maximum Gasteiger partial charge on any atom is 0.306 e. The minimum atomic E-state index is -4.62. The van der Waals surface area contributed by atoms with Crippen LogP contribution in [0.2, 0.25) is 0 Å². The Labute approximate surface area is 345 Å². The highest BCUT2D eigenvalue weighted by Crippen LogP contribution is 2.38. The van der Waals surface area contributed by atoms with Gasteiger partial charge in [0.05, 0.1) is 27.7 Å². The van der Waals surface area contributed by atoms with Crippen LogP contribution in [0.3, 0.4) is 0 Å². The molecule has 0 heterocycles. The predicted octanol–water partition coefficient (Wildman–Crippen LogP) is 12.5. The van der Waals surface area contributed by atoms with Crippen LogP contribution < -0.4 is 4.89 Å². The minimum absolute atomic E-state index is 0.0312. The second-order valence-electron chi connectivity index (χ2n) is 16.8. The van der Waals surface area contributed by atoms with E-state index in [-0.39, 0.29) is 32.0 Å². The van der Waals surface area contributed by atoms with Crippen LogP contribution in [0, 0.1) is 0 Å².